The quantitative estimate of drug-likeness (QED) is 0.903. The van der Waals surface area contributed by atoms with Crippen molar-refractivity contribution in [3.63, 3.8) is 0 Å². The summed E-state index contributed by atoms with van der Waals surface area (Å²) in [6.07, 6.45) is 13.2. The first-order valence-corrected chi connectivity index (χ1v) is 7.71. The first kappa shape index (κ1) is 12.9. The fourth-order valence-electron chi connectivity index (χ4n) is 2.62. The lowest BCUT2D eigenvalue weighted by atomic mass is 10.1. The minimum absolute atomic E-state index is 0.732. The average molecular weight is 260 g/mol. The molecule has 0 unspecified atom stereocenters. The van der Waals surface area contributed by atoms with E-state index in [2.05, 4.69) is 20.2 Å². The van der Waals surface area contributed by atoms with Gasteiger partial charge in [-0.15, -0.1) is 0 Å². The van der Waals surface area contributed by atoms with Gasteiger partial charge in [-0.1, -0.05) is 19.3 Å². The van der Waals surface area contributed by atoms with E-state index < -0.39 is 0 Å². The molecular formula is C15H24N4. The van der Waals surface area contributed by atoms with Crippen LogP contribution in [0.15, 0.2) is 12.4 Å². The molecule has 4 nitrogen and oxygen atoms in total. The fraction of sp³-hybridized carbons (Fsp3) is 0.733. The Bertz CT molecular complexity index is 378. The molecule has 1 aliphatic heterocycles. The molecule has 4 heteroatoms. The molecule has 19 heavy (non-hydrogen) atoms. The second-order valence-corrected chi connectivity index (χ2v) is 5.78. The van der Waals surface area contributed by atoms with Crippen molar-refractivity contribution in [1.82, 2.24) is 15.3 Å². The number of nitrogens with one attached hydrogen (secondary N) is 1. The van der Waals surface area contributed by atoms with Crippen LogP contribution < -0.4 is 10.2 Å². The molecule has 1 aromatic heterocycles. The molecule has 0 atom stereocenters. The monoisotopic (exact) mass is 260 g/mol. The van der Waals surface area contributed by atoms with E-state index in [1.165, 1.54) is 44.9 Å². The highest BCUT2D eigenvalue weighted by atomic mass is 15.2. The smallest absolute Gasteiger partial charge is 0.147 e. The SMILES string of the molecule is c1nc(N2CCCCCCC2)cnc1CNC1CC1. The van der Waals surface area contributed by atoms with Crippen molar-refractivity contribution < 1.29 is 0 Å². The molecule has 1 aliphatic carbocycles. The third-order valence-electron chi connectivity index (χ3n) is 4.02. The zero-order valence-electron chi connectivity index (χ0n) is 11.6. The largest absolute Gasteiger partial charge is 0.355 e. The van der Waals surface area contributed by atoms with Gasteiger partial charge in [-0.25, -0.2) is 4.98 Å². The minimum Gasteiger partial charge on any atom is -0.355 e. The molecular weight excluding hydrogens is 236 g/mol. The van der Waals surface area contributed by atoms with Gasteiger partial charge < -0.3 is 10.2 Å². The molecule has 2 heterocycles. The van der Waals surface area contributed by atoms with Crippen LogP contribution in [0, 0.1) is 0 Å². The van der Waals surface area contributed by atoms with Crippen LogP contribution in [-0.2, 0) is 6.54 Å². The van der Waals surface area contributed by atoms with Gasteiger partial charge in [0.05, 0.1) is 18.1 Å². The predicted octanol–water partition coefficient (Wildman–Crippen LogP) is 2.50. The second-order valence-electron chi connectivity index (χ2n) is 5.78. The van der Waals surface area contributed by atoms with Crippen molar-refractivity contribution in [3.8, 4) is 0 Å². The zero-order valence-corrected chi connectivity index (χ0v) is 11.6. The Labute approximate surface area is 115 Å². The van der Waals surface area contributed by atoms with Crippen LogP contribution in [0.3, 0.4) is 0 Å². The molecule has 1 aromatic rings. The van der Waals surface area contributed by atoms with Gasteiger partial charge in [0.15, 0.2) is 0 Å². The van der Waals surface area contributed by atoms with E-state index in [0.29, 0.717) is 0 Å². The highest BCUT2D eigenvalue weighted by Gasteiger charge is 2.20. The number of hydrogen-bond acceptors (Lipinski definition) is 4. The van der Waals surface area contributed by atoms with Gasteiger partial charge in [-0.2, -0.15) is 0 Å². The standard InChI is InChI=1S/C15H24N4/c1-2-4-8-19(9-5-3-1)15-12-17-14(11-18-15)10-16-13-6-7-13/h11-13,16H,1-10H2. The number of anilines is 1. The summed E-state index contributed by atoms with van der Waals surface area (Å²) in [4.78, 5) is 11.5. The van der Waals surface area contributed by atoms with Crippen LogP contribution in [0.4, 0.5) is 5.82 Å². The summed E-state index contributed by atoms with van der Waals surface area (Å²) in [5.74, 6) is 1.05. The molecule has 0 bridgehead atoms. The average Bonchev–Trinajstić information content (AvgIpc) is 3.21. The molecule has 0 amide bonds. The van der Waals surface area contributed by atoms with Crippen molar-refractivity contribution in [2.45, 2.75) is 57.5 Å². The highest BCUT2D eigenvalue weighted by molar-refractivity contribution is 5.35. The number of hydrogen-bond donors (Lipinski definition) is 1. The van der Waals surface area contributed by atoms with E-state index in [1.54, 1.807) is 0 Å². The molecule has 0 radical (unpaired) electrons. The molecule has 1 saturated carbocycles. The fourth-order valence-corrected chi connectivity index (χ4v) is 2.62. The Hall–Kier alpha value is -1.16. The van der Waals surface area contributed by atoms with Crippen LogP contribution in [-0.4, -0.2) is 29.1 Å². The van der Waals surface area contributed by atoms with Crippen molar-refractivity contribution in [2.75, 3.05) is 18.0 Å². The third-order valence-corrected chi connectivity index (χ3v) is 4.02. The molecule has 104 valence electrons. The summed E-state index contributed by atoms with van der Waals surface area (Å²) < 4.78 is 0. The van der Waals surface area contributed by atoms with E-state index in [1.807, 2.05) is 12.4 Å². The zero-order chi connectivity index (χ0) is 12.9. The van der Waals surface area contributed by atoms with Gasteiger partial charge in [0, 0.05) is 25.7 Å². The van der Waals surface area contributed by atoms with Gasteiger partial charge in [0.25, 0.3) is 0 Å². The maximum absolute atomic E-state index is 4.60. The Morgan fingerprint density at radius 2 is 1.74 bits per heavy atom. The van der Waals surface area contributed by atoms with Crippen molar-refractivity contribution in [1.29, 1.82) is 0 Å². The van der Waals surface area contributed by atoms with Gasteiger partial charge in [-0.3, -0.25) is 4.98 Å². The van der Waals surface area contributed by atoms with Crippen LogP contribution in [0.1, 0.15) is 50.6 Å². The van der Waals surface area contributed by atoms with Gasteiger partial charge in [-0.05, 0) is 25.7 Å². The Morgan fingerprint density at radius 1 is 1.00 bits per heavy atom. The predicted molar refractivity (Wildman–Crippen MR) is 77.2 cm³/mol. The summed E-state index contributed by atoms with van der Waals surface area (Å²) in [6, 6.07) is 0.732. The number of rotatable bonds is 4. The lowest BCUT2D eigenvalue weighted by molar-refractivity contribution is 0.553. The lowest BCUT2D eigenvalue weighted by Crippen LogP contribution is -2.28. The first-order valence-electron chi connectivity index (χ1n) is 7.71. The Balaban J connectivity index is 1.56. The van der Waals surface area contributed by atoms with Crippen molar-refractivity contribution in [3.05, 3.63) is 18.1 Å². The number of nitrogens with zero attached hydrogens (tertiary/aromatic N) is 3. The van der Waals surface area contributed by atoms with Crippen LogP contribution >= 0.6 is 0 Å². The summed E-state index contributed by atoms with van der Waals surface area (Å²) in [7, 11) is 0. The summed E-state index contributed by atoms with van der Waals surface area (Å²) in [6.45, 7) is 3.13. The molecule has 2 fully saturated rings. The third kappa shape index (κ3) is 3.90. The van der Waals surface area contributed by atoms with Gasteiger partial charge in [0.1, 0.15) is 5.82 Å². The van der Waals surface area contributed by atoms with E-state index in [-0.39, 0.29) is 0 Å². The Kier molecular flexibility index (Phi) is 4.28. The van der Waals surface area contributed by atoms with E-state index >= 15 is 0 Å². The normalized spacial score (nSPS) is 20.9. The van der Waals surface area contributed by atoms with Gasteiger partial charge >= 0.3 is 0 Å². The van der Waals surface area contributed by atoms with Crippen LogP contribution in [0.25, 0.3) is 0 Å². The summed E-state index contributed by atoms with van der Waals surface area (Å²) >= 11 is 0. The maximum atomic E-state index is 4.60. The van der Waals surface area contributed by atoms with E-state index in [4.69, 9.17) is 0 Å². The van der Waals surface area contributed by atoms with Crippen LogP contribution in [0.2, 0.25) is 0 Å². The van der Waals surface area contributed by atoms with Crippen molar-refractivity contribution in [2.24, 2.45) is 0 Å². The van der Waals surface area contributed by atoms with E-state index in [9.17, 15) is 0 Å². The second kappa shape index (κ2) is 6.33. The molecule has 3 rings (SSSR count). The molecule has 0 aromatic carbocycles. The van der Waals surface area contributed by atoms with E-state index in [0.717, 1.165) is 37.2 Å². The molecule has 1 saturated heterocycles. The first-order chi connectivity index (χ1) is 9.42. The van der Waals surface area contributed by atoms with Crippen LogP contribution in [0.5, 0.6) is 0 Å². The van der Waals surface area contributed by atoms with Gasteiger partial charge in [0.2, 0.25) is 0 Å². The maximum Gasteiger partial charge on any atom is 0.147 e. The molecule has 0 spiro atoms. The molecule has 1 N–H and O–H groups in total. The lowest BCUT2D eigenvalue weighted by Gasteiger charge is -2.25. The summed E-state index contributed by atoms with van der Waals surface area (Å²) in [5.41, 5.74) is 1.06. The summed E-state index contributed by atoms with van der Waals surface area (Å²) in [5, 5.41) is 3.47. The highest BCUT2D eigenvalue weighted by Crippen LogP contribution is 2.19. The topological polar surface area (TPSA) is 41.1 Å². The minimum atomic E-state index is 0.732. The number of aromatic nitrogens is 2. The molecule has 2 aliphatic rings. The Morgan fingerprint density at radius 3 is 2.37 bits per heavy atom. The van der Waals surface area contributed by atoms with Crippen molar-refractivity contribution >= 4 is 5.82 Å².